The topological polar surface area (TPSA) is 168 Å². The molecule has 1 heterocycles. The Balaban J connectivity index is 1.96. The molecule has 0 saturated carbocycles. The first kappa shape index (κ1) is 20.3. The van der Waals surface area contributed by atoms with Crippen molar-refractivity contribution in [3.63, 3.8) is 0 Å². The van der Waals surface area contributed by atoms with Gasteiger partial charge < -0.3 is 10.1 Å². The van der Waals surface area contributed by atoms with Crippen molar-refractivity contribution in [2.75, 3.05) is 6.54 Å². The molecule has 13 heteroatoms. The van der Waals surface area contributed by atoms with Crippen LogP contribution in [-0.4, -0.2) is 42.2 Å². The van der Waals surface area contributed by atoms with Gasteiger partial charge in [-0.3, -0.25) is 24.1 Å². The Labute approximate surface area is 150 Å². The van der Waals surface area contributed by atoms with Crippen molar-refractivity contribution in [3.05, 3.63) is 35.9 Å². The van der Waals surface area contributed by atoms with Crippen LogP contribution >= 0.6 is 7.59 Å². The lowest BCUT2D eigenvalue weighted by Crippen LogP contribution is -2.53. The van der Waals surface area contributed by atoms with Gasteiger partial charge in [-0.1, -0.05) is 30.3 Å². The maximum absolute atomic E-state index is 12.4. The lowest BCUT2D eigenvalue weighted by atomic mass is 10.1. The summed E-state index contributed by atoms with van der Waals surface area (Å²) in [5.74, 6) is -0.838. The number of piperidine rings is 1. The Bertz CT molecular complexity index is 817. The van der Waals surface area contributed by atoms with E-state index >= 15 is 0 Å². The predicted octanol–water partition coefficient (Wildman–Crippen LogP) is 0.363. The molecule has 0 spiro atoms. The number of alkyl carbamates (subject to hydrolysis) is 1. The molecule has 0 bridgehead atoms. The number of benzene rings is 1. The Hall–Kier alpha value is -1.98. The number of nitrogens with one attached hydrogen (secondary N) is 2. The molecule has 1 aromatic carbocycles. The summed E-state index contributed by atoms with van der Waals surface area (Å²) < 4.78 is 49.6. The van der Waals surface area contributed by atoms with Gasteiger partial charge in [0.1, 0.15) is 12.6 Å². The predicted molar refractivity (Wildman–Crippen MR) is 91.0 cm³/mol. The van der Waals surface area contributed by atoms with Crippen molar-refractivity contribution >= 4 is 29.9 Å². The normalized spacial score (nSPS) is 20.3. The van der Waals surface area contributed by atoms with Crippen molar-refractivity contribution in [1.82, 2.24) is 14.5 Å². The molecule has 0 radical (unpaired) electrons. The Morgan fingerprint density at radius 1 is 1.38 bits per heavy atom. The highest BCUT2D eigenvalue weighted by Gasteiger charge is 2.40. The molecule has 1 aliphatic rings. The lowest BCUT2D eigenvalue weighted by Gasteiger charge is -2.35. The maximum Gasteiger partial charge on any atom is 0.408 e. The fourth-order valence-corrected chi connectivity index (χ4v) is 5.00. The Morgan fingerprint density at radius 3 is 2.65 bits per heavy atom. The number of nitrogens with zero attached hydrogens (tertiary/aromatic N) is 1. The summed E-state index contributed by atoms with van der Waals surface area (Å²) in [7, 11) is -9.26. The molecule has 0 aromatic heterocycles. The first-order valence-electron chi connectivity index (χ1n) is 7.53. The molecule has 26 heavy (non-hydrogen) atoms. The molecule has 0 aliphatic carbocycles. The van der Waals surface area contributed by atoms with E-state index in [2.05, 4.69) is 5.32 Å². The fourth-order valence-electron chi connectivity index (χ4n) is 2.41. The molecule has 1 saturated heterocycles. The molecular formula is C13H19N4O7PS. The lowest BCUT2D eigenvalue weighted by molar-refractivity contribution is -0.130. The molecule has 1 fully saturated rings. The molecule has 144 valence electrons. The third-order valence-electron chi connectivity index (χ3n) is 3.52. The third-order valence-corrected chi connectivity index (χ3v) is 6.61. The van der Waals surface area contributed by atoms with Crippen molar-refractivity contribution < 1.29 is 31.9 Å². The molecule has 0 unspecified atom stereocenters. The molecule has 1 aliphatic heterocycles. The highest BCUT2D eigenvalue weighted by Crippen LogP contribution is 2.40. The standard InChI is InChI=1S/C13H19N4O7PS/c14-25(20,16-26(21,22)23)17-8-4-7-11(12(17)18)15-13(19)24-9-10-5-2-1-3-6-10/h1-3,5-6,11H,4,7-9H2,(H,15,19)(H3,14,16,20)(H,21,22,23)/t11-,25+/m0/s1. The second-order valence-corrected chi connectivity index (χ2v) is 8.96. The number of hydrogen-bond donors (Lipinski definition) is 4. The second-order valence-electron chi connectivity index (χ2n) is 5.55. The summed E-state index contributed by atoms with van der Waals surface area (Å²) in [5, 5.41) is 2.34. The molecule has 5 N–H and O–H groups in total. The van der Waals surface area contributed by atoms with Gasteiger partial charge in [0, 0.05) is 6.54 Å². The van der Waals surface area contributed by atoms with Gasteiger partial charge in [-0.2, -0.15) is 8.42 Å². The molecule has 2 amide bonds. The van der Waals surface area contributed by atoms with Crippen molar-refractivity contribution in [1.29, 1.82) is 0 Å². The van der Waals surface area contributed by atoms with E-state index in [9.17, 15) is 22.6 Å². The summed E-state index contributed by atoms with van der Waals surface area (Å²) in [5.41, 5.74) is 6.11. The zero-order chi connectivity index (χ0) is 19.4. The number of ether oxygens (including phenoxy) is 1. The average molecular weight is 406 g/mol. The van der Waals surface area contributed by atoms with Crippen LogP contribution in [0.15, 0.2) is 30.3 Å². The number of carbonyl (C=O) groups excluding carboxylic acids is 2. The third kappa shape index (κ3) is 5.78. The van der Waals surface area contributed by atoms with Gasteiger partial charge in [0.15, 0.2) is 0 Å². The van der Waals surface area contributed by atoms with Crippen LogP contribution in [0.3, 0.4) is 0 Å². The quantitative estimate of drug-likeness (QED) is 0.388. The largest absolute Gasteiger partial charge is 0.445 e. The SMILES string of the molecule is N[P@@](=O)(NS(=O)(=O)O)N1CCC[C@H](NC(=O)OCc2ccccc2)C1=O. The van der Waals surface area contributed by atoms with Crippen LogP contribution in [-0.2, 0) is 31.0 Å². The molecule has 11 nitrogen and oxygen atoms in total. The van der Waals surface area contributed by atoms with Gasteiger partial charge in [0.05, 0.1) is 0 Å². The smallest absolute Gasteiger partial charge is 0.408 e. The monoisotopic (exact) mass is 406 g/mol. The van der Waals surface area contributed by atoms with Crippen LogP contribution in [0.1, 0.15) is 18.4 Å². The van der Waals surface area contributed by atoms with Gasteiger partial charge in [-0.05, 0) is 18.4 Å². The van der Waals surface area contributed by atoms with Crippen LogP contribution in [0.25, 0.3) is 0 Å². The number of amides is 2. The summed E-state index contributed by atoms with van der Waals surface area (Å²) in [4.78, 5) is 24.2. The molecule has 2 rings (SSSR count). The first-order chi connectivity index (χ1) is 12.1. The van der Waals surface area contributed by atoms with Gasteiger partial charge in [-0.25, -0.2) is 4.79 Å². The Kier molecular flexibility index (Phi) is 6.37. The summed E-state index contributed by atoms with van der Waals surface area (Å²) >= 11 is 0. The van der Waals surface area contributed by atoms with Gasteiger partial charge in [0.25, 0.3) is 5.91 Å². The van der Waals surface area contributed by atoms with E-state index in [-0.39, 0.29) is 19.6 Å². The highest BCUT2D eigenvalue weighted by molar-refractivity contribution is 7.90. The number of carbonyl (C=O) groups is 2. The zero-order valence-corrected chi connectivity index (χ0v) is 15.3. The Morgan fingerprint density at radius 2 is 2.04 bits per heavy atom. The van der Waals surface area contributed by atoms with E-state index in [0.717, 1.165) is 5.56 Å². The zero-order valence-electron chi connectivity index (χ0n) is 13.6. The van der Waals surface area contributed by atoms with E-state index < -0.39 is 35.9 Å². The molecule has 2 atom stereocenters. The van der Waals surface area contributed by atoms with Crippen LogP contribution in [0, 0.1) is 0 Å². The van der Waals surface area contributed by atoms with Crippen LogP contribution < -0.4 is 15.3 Å². The summed E-state index contributed by atoms with van der Waals surface area (Å²) in [6.45, 7) is -0.0939. The van der Waals surface area contributed by atoms with E-state index in [1.54, 1.807) is 24.3 Å². The van der Waals surface area contributed by atoms with Crippen LogP contribution in [0.5, 0.6) is 0 Å². The summed E-state index contributed by atoms with van der Waals surface area (Å²) in [6, 6.07) is 7.80. The number of hydrogen-bond acceptors (Lipinski definition) is 6. The van der Waals surface area contributed by atoms with Crippen LogP contribution in [0.2, 0.25) is 0 Å². The molecule has 1 aromatic rings. The van der Waals surface area contributed by atoms with Gasteiger partial charge >= 0.3 is 24.0 Å². The average Bonchev–Trinajstić information content (AvgIpc) is 2.53. The number of rotatable bonds is 6. The number of nitrogens with two attached hydrogens (primary N) is 1. The minimum absolute atomic E-state index is 0.00298. The van der Waals surface area contributed by atoms with Crippen molar-refractivity contribution in [2.45, 2.75) is 25.5 Å². The van der Waals surface area contributed by atoms with Crippen LogP contribution in [0.4, 0.5) is 4.79 Å². The summed E-state index contributed by atoms with van der Waals surface area (Å²) in [6.07, 6.45) is -0.311. The second kappa shape index (κ2) is 8.14. The first-order valence-corrected chi connectivity index (χ1v) is 10.7. The van der Waals surface area contributed by atoms with E-state index in [1.807, 2.05) is 6.07 Å². The fraction of sp³-hybridized carbons (Fsp3) is 0.385. The van der Waals surface area contributed by atoms with Gasteiger partial charge in [-0.15, -0.1) is 4.49 Å². The molecular weight excluding hydrogens is 387 g/mol. The van der Waals surface area contributed by atoms with E-state index in [0.29, 0.717) is 11.1 Å². The van der Waals surface area contributed by atoms with Crippen molar-refractivity contribution in [2.24, 2.45) is 5.50 Å². The highest BCUT2D eigenvalue weighted by atomic mass is 32.2. The maximum atomic E-state index is 12.4. The van der Waals surface area contributed by atoms with Gasteiger partial charge in [0.2, 0.25) is 0 Å². The van der Waals surface area contributed by atoms with Crippen molar-refractivity contribution in [3.8, 4) is 0 Å². The minimum Gasteiger partial charge on any atom is -0.445 e. The van der Waals surface area contributed by atoms with E-state index in [1.165, 1.54) is 4.49 Å². The minimum atomic E-state index is -4.88. The van der Waals surface area contributed by atoms with E-state index in [4.69, 9.17) is 14.8 Å².